The molecule has 8 heteroatoms. The molecule has 36 heavy (non-hydrogen) atoms. The third-order valence-corrected chi connectivity index (χ3v) is 7.97. The van der Waals surface area contributed by atoms with Crippen LogP contribution >= 0.6 is 11.8 Å². The summed E-state index contributed by atoms with van der Waals surface area (Å²) in [5.41, 5.74) is 1.75. The average molecular weight is 517 g/mol. The topological polar surface area (TPSA) is 92.3 Å². The van der Waals surface area contributed by atoms with Crippen LogP contribution in [0.1, 0.15) is 21.2 Å². The average Bonchev–Trinajstić information content (AvgIpc) is 2.92. The van der Waals surface area contributed by atoms with E-state index in [1.165, 1.54) is 36.0 Å². The normalized spacial score (nSPS) is 12.0. The summed E-state index contributed by atoms with van der Waals surface area (Å²) in [6, 6.07) is 33.5. The molecule has 4 rings (SSSR count). The fourth-order valence-electron chi connectivity index (χ4n) is 3.43. The minimum absolute atomic E-state index is 0.000342. The van der Waals surface area contributed by atoms with Crippen molar-refractivity contribution >= 4 is 39.2 Å². The molecule has 182 valence electrons. The highest BCUT2D eigenvalue weighted by Gasteiger charge is 2.23. The second-order valence-corrected chi connectivity index (χ2v) is 10.8. The SMILES string of the molecule is O=C(CNS(=O)(=O)c1ccc(NC(=O)[C@H](Sc2ccccc2)c2ccccc2)cc1)c1ccccc1. The second-order valence-electron chi connectivity index (χ2n) is 7.85. The van der Waals surface area contributed by atoms with Gasteiger partial charge in [0.1, 0.15) is 5.25 Å². The third kappa shape index (κ3) is 6.69. The van der Waals surface area contributed by atoms with E-state index < -0.39 is 15.3 Å². The Hall–Kier alpha value is -3.72. The summed E-state index contributed by atoms with van der Waals surface area (Å²) < 4.78 is 27.6. The maximum Gasteiger partial charge on any atom is 0.242 e. The van der Waals surface area contributed by atoms with E-state index in [1.54, 1.807) is 30.3 Å². The summed E-state index contributed by atoms with van der Waals surface area (Å²) in [7, 11) is -3.90. The first-order valence-corrected chi connectivity index (χ1v) is 13.5. The van der Waals surface area contributed by atoms with Crippen molar-refractivity contribution < 1.29 is 18.0 Å². The first-order valence-electron chi connectivity index (χ1n) is 11.2. The fraction of sp³-hybridized carbons (Fsp3) is 0.0714. The van der Waals surface area contributed by atoms with Gasteiger partial charge in [-0.3, -0.25) is 9.59 Å². The highest BCUT2D eigenvalue weighted by molar-refractivity contribution is 8.00. The number of carbonyl (C=O) groups excluding carboxylic acids is 2. The molecular formula is C28H24N2O4S2. The van der Waals surface area contributed by atoms with Crippen LogP contribution in [-0.4, -0.2) is 26.7 Å². The highest BCUT2D eigenvalue weighted by atomic mass is 32.2. The van der Waals surface area contributed by atoms with Crippen molar-refractivity contribution in [2.75, 3.05) is 11.9 Å². The van der Waals surface area contributed by atoms with Gasteiger partial charge >= 0.3 is 0 Å². The summed E-state index contributed by atoms with van der Waals surface area (Å²) in [6.07, 6.45) is 0. The van der Waals surface area contributed by atoms with Crippen LogP contribution in [0.15, 0.2) is 125 Å². The summed E-state index contributed by atoms with van der Waals surface area (Å²) in [5, 5.41) is 2.38. The molecule has 1 atom stereocenters. The monoisotopic (exact) mass is 516 g/mol. The molecule has 0 bridgehead atoms. The van der Waals surface area contributed by atoms with Gasteiger partial charge in [0, 0.05) is 16.1 Å². The van der Waals surface area contributed by atoms with Crippen molar-refractivity contribution in [3.05, 3.63) is 126 Å². The molecule has 2 N–H and O–H groups in total. The second kappa shape index (κ2) is 11.8. The number of anilines is 1. The molecule has 0 saturated heterocycles. The standard InChI is InChI=1S/C28H24N2O4S2/c31-26(21-10-4-1-5-11-21)20-29-36(33,34)25-18-16-23(17-19-25)30-28(32)27(22-12-6-2-7-13-22)35-24-14-8-3-9-15-24/h1-19,27,29H,20H2,(H,30,32)/t27-/m1/s1. The van der Waals surface area contributed by atoms with Gasteiger partial charge in [0.2, 0.25) is 15.9 Å². The van der Waals surface area contributed by atoms with Gasteiger partial charge in [0.05, 0.1) is 11.4 Å². The van der Waals surface area contributed by atoms with Crippen LogP contribution in [-0.2, 0) is 14.8 Å². The van der Waals surface area contributed by atoms with Crippen molar-refractivity contribution in [2.45, 2.75) is 15.0 Å². The molecule has 0 unspecified atom stereocenters. The Balaban J connectivity index is 1.43. The summed E-state index contributed by atoms with van der Waals surface area (Å²) >= 11 is 1.43. The van der Waals surface area contributed by atoms with E-state index in [-0.39, 0.29) is 23.1 Å². The van der Waals surface area contributed by atoms with Crippen molar-refractivity contribution in [3.63, 3.8) is 0 Å². The number of nitrogens with one attached hydrogen (secondary N) is 2. The molecule has 1 amide bonds. The van der Waals surface area contributed by atoms with Crippen LogP contribution < -0.4 is 10.0 Å². The van der Waals surface area contributed by atoms with Crippen LogP contribution in [0, 0.1) is 0 Å². The van der Waals surface area contributed by atoms with E-state index in [0.717, 1.165) is 10.5 Å². The van der Waals surface area contributed by atoms with Gasteiger partial charge in [-0.15, -0.1) is 11.8 Å². The Morgan fingerprint density at radius 3 is 1.89 bits per heavy atom. The number of thioether (sulfide) groups is 1. The summed E-state index contributed by atoms with van der Waals surface area (Å²) in [5.74, 6) is -0.553. The summed E-state index contributed by atoms with van der Waals surface area (Å²) in [6.45, 7) is -0.347. The molecule has 0 aliphatic carbocycles. The number of sulfonamides is 1. The van der Waals surface area contributed by atoms with Gasteiger partial charge in [0.25, 0.3) is 0 Å². The molecule has 0 aliphatic rings. The van der Waals surface area contributed by atoms with Gasteiger partial charge in [-0.05, 0) is 42.0 Å². The Bertz CT molecular complexity index is 1410. The molecule has 0 heterocycles. The zero-order chi connectivity index (χ0) is 25.4. The first kappa shape index (κ1) is 25.4. The van der Waals surface area contributed by atoms with Crippen molar-refractivity contribution in [2.24, 2.45) is 0 Å². The minimum Gasteiger partial charge on any atom is -0.325 e. The molecule has 4 aromatic carbocycles. The lowest BCUT2D eigenvalue weighted by Gasteiger charge is -2.17. The van der Waals surface area contributed by atoms with Crippen LogP contribution in [0.4, 0.5) is 5.69 Å². The molecule has 6 nitrogen and oxygen atoms in total. The predicted octanol–water partition coefficient (Wildman–Crippen LogP) is 5.32. The van der Waals surface area contributed by atoms with Crippen molar-refractivity contribution in [1.82, 2.24) is 4.72 Å². The Labute approximate surface area is 214 Å². The number of Topliss-reactive ketones (excluding diaryl/α,β-unsaturated/α-hetero) is 1. The number of carbonyl (C=O) groups is 2. The Kier molecular flexibility index (Phi) is 8.32. The van der Waals surface area contributed by atoms with Crippen molar-refractivity contribution in [3.8, 4) is 0 Å². The first-order chi connectivity index (χ1) is 17.4. The molecule has 0 aromatic heterocycles. The number of ketones is 1. The summed E-state index contributed by atoms with van der Waals surface area (Å²) in [4.78, 5) is 26.4. The van der Waals surface area contributed by atoms with E-state index >= 15 is 0 Å². The van der Waals surface area contributed by atoms with Crippen LogP contribution in [0.3, 0.4) is 0 Å². The van der Waals surface area contributed by atoms with E-state index in [1.807, 2.05) is 60.7 Å². The van der Waals surface area contributed by atoms with Gasteiger partial charge in [0.15, 0.2) is 5.78 Å². The number of rotatable bonds is 10. The maximum absolute atomic E-state index is 13.2. The van der Waals surface area contributed by atoms with Gasteiger partial charge < -0.3 is 5.32 Å². The maximum atomic E-state index is 13.2. The lowest BCUT2D eigenvalue weighted by molar-refractivity contribution is -0.115. The molecule has 4 aromatic rings. The lowest BCUT2D eigenvalue weighted by atomic mass is 10.1. The van der Waals surface area contributed by atoms with Gasteiger partial charge in [-0.2, -0.15) is 0 Å². The minimum atomic E-state index is -3.90. The Morgan fingerprint density at radius 2 is 1.28 bits per heavy atom. The fourth-order valence-corrected chi connectivity index (χ4v) is 5.46. The van der Waals surface area contributed by atoms with Crippen LogP contribution in [0.2, 0.25) is 0 Å². The molecule has 0 saturated carbocycles. The van der Waals surface area contributed by atoms with E-state index in [9.17, 15) is 18.0 Å². The number of amides is 1. The lowest BCUT2D eigenvalue weighted by Crippen LogP contribution is -2.29. The zero-order valence-electron chi connectivity index (χ0n) is 19.2. The Morgan fingerprint density at radius 1 is 0.722 bits per heavy atom. The van der Waals surface area contributed by atoms with Crippen LogP contribution in [0.5, 0.6) is 0 Å². The third-order valence-electron chi connectivity index (χ3n) is 5.29. The molecule has 0 aliphatic heterocycles. The van der Waals surface area contributed by atoms with E-state index in [2.05, 4.69) is 10.0 Å². The van der Waals surface area contributed by atoms with E-state index in [4.69, 9.17) is 0 Å². The molecular weight excluding hydrogens is 492 g/mol. The number of hydrogen-bond donors (Lipinski definition) is 2. The smallest absolute Gasteiger partial charge is 0.242 e. The van der Waals surface area contributed by atoms with Crippen molar-refractivity contribution in [1.29, 1.82) is 0 Å². The highest BCUT2D eigenvalue weighted by Crippen LogP contribution is 2.36. The van der Waals surface area contributed by atoms with Gasteiger partial charge in [-0.25, -0.2) is 13.1 Å². The molecule has 0 radical (unpaired) electrons. The van der Waals surface area contributed by atoms with Crippen LogP contribution in [0.25, 0.3) is 0 Å². The number of benzene rings is 4. The quantitative estimate of drug-likeness (QED) is 0.220. The molecule has 0 spiro atoms. The van der Waals surface area contributed by atoms with E-state index in [0.29, 0.717) is 11.3 Å². The zero-order valence-corrected chi connectivity index (χ0v) is 20.8. The number of hydrogen-bond acceptors (Lipinski definition) is 5. The predicted molar refractivity (Wildman–Crippen MR) is 143 cm³/mol. The largest absolute Gasteiger partial charge is 0.325 e. The van der Waals surface area contributed by atoms with Gasteiger partial charge in [-0.1, -0.05) is 78.9 Å². The molecule has 0 fully saturated rings.